The molecule has 0 bridgehead atoms. The Morgan fingerprint density at radius 2 is 1.33 bits per heavy atom. The molecule has 0 aliphatic rings. The van der Waals surface area contributed by atoms with E-state index in [4.69, 9.17) is 0 Å². The predicted molar refractivity (Wildman–Crippen MR) is 116 cm³/mol. The minimum Gasteiger partial charge on any atom is -0.309 e. The van der Waals surface area contributed by atoms with Gasteiger partial charge in [0.25, 0.3) is 0 Å². The Labute approximate surface area is 159 Å². The summed E-state index contributed by atoms with van der Waals surface area (Å²) < 4.78 is 2.39. The summed E-state index contributed by atoms with van der Waals surface area (Å²) in [5.41, 5.74) is 8.85. The largest absolute Gasteiger partial charge is 0.309 e. The fraction of sp³-hybridized carbons (Fsp3) is 0.0769. The van der Waals surface area contributed by atoms with Crippen LogP contribution in [0.5, 0.6) is 0 Å². The van der Waals surface area contributed by atoms with Crippen molar-refractivity contribution in [2.75, 3.05) is 0 Å². The molecule has 0 radical (unpaired) electrons. The number of aryl methyl sites for hydroxylation is 2. The van der Waals surface area contributed by atoms with Gasteiger partial charge < -0.3 is 4.57 Å². The molecule has 0 saturated heterocycles. The van der Waals surface area contributed by atoms with Crippen molar-refractivity contribution >= 4 is 21.8 Å². The Bertz CT molecular complexity index is 1260. The predicted octanol–water partition coefficient (Wildman–Crippen LogP) is 7.07. The van der Waals surface area contributed by atoms with Crippen LogP contribution in [0.25, 0.3) is 38.6 Å². The average molecular weight is 347 g/mol. The molecule has 0 N–H and O–H groups in total. The highest BCUT2D eigenvalue weighted by Crippen LogP contribution is 2.36. The average Bonchev–Trinajstić information content (AvgIpc) is 3.04. The van der Waals surface area contributed by atoms with Gasteiger partial charge in [-0.2, -0.15) is 0 Å². The van der Waals surface area contributed by atoms with Crippen molar-refractivity contribution in [3.05, 3.63) is 102 Å². The molecule has 0 spiro atoms. The summed E-state index contributed by atoms with van der Waals surface area (Å²) in [7, 11) is 0. The highest BCUT2D eigenvalue weighted by atomic mass is 15.0. The first-order chi connectivity index (χ1) is 13.2. The van der Waals surface area contributed by atoms with E-state index < -0.39 is 0 Å². The summed E-state index contributed by atoms with van der Waals surface area (Å²) in [6, 6.07) is 32.8. The lowest BCUT2D eigenvalue weighted by atomic mass is 10.0. The molecule has 4 aromatic carbocycles. The van der Waals surface area contributed by atoms with Gasteiger partial charge in [-0.3, -0.25) is 0 Å². The van der Waals surface area contributed by atoms with Gasteiger partial charge in [0.05, 0.1) is 11.0 Å². The third-order valence-electron chi connectivity index (χ3n) is 5.39. The summed E-state index contributed by atoms with van der Waals surface area (Å²) >= 11 is 0. The van der Waals surface area contributed by atoms with Gasteiger partial charge in [-0.05, 0) is 54.8 Å². The van der Waals surface area contributed by atoms with E-state index in [2.05, 4.69) is 109 Å². The van der Waals surface area contributed by atoms with Crippen LogP contribution < -0.4 is 0 Å². The van der Waals surface area contributed by atoms with Crippen LogP contribution in [0.2, 0.25) is 0 Å². The normalized spacial score (nSPS) is 11.3. The Morgan fingerprint density at radius 1 is 0.593 bits per heavy atom. The SMILES string of the molecule is Cc1ccc(-c2ccc3c(c2)c2cccc(C)c2n3-c2ccccc2)cc1. The molecule has 1 aromatic heterocycles. The van der Waals surface area contributed by atoms with E-state index in [1.807, 2.05) is 0 Å². The molecule has 0 amide bonds. The zero-order valence-electron chi connectivity index (χ0n) is 15.6. The first-order valence-corrected chi connectivity index (χ1v) is 9.38. The number of benzene rings is 4. The quantitative estimate of drug-likeness (QED) is 0.322. The van der Waals surface area contributed by atoms with Gasteiger partial charge in [0.2, 0.25) is 0 Å². The molecule has 0 fully saturated rings. The number of nitrogens with zero attached hydrogens (tertiary/aromatic N) is 1. The van der Waals surface area contributed by atoms with E-state index in [9.17, 15) is 0 Å². The van der Waals surface area contributed by atoms with Crippen molar-refractivity contribution in [3.63, 3.8) is 0 Å². The molecule has 1 heterocycles. The van der Waals surface area contributed by atoms with Crippen molar-refractivity contribution in [1.29, 1.82) is 0 Å². The summed E-state index contributed by atoms with van der Waals surface area (Å²) in [5.74, 6) is 0. The van der Waals surface area contributed by atoms with Gasteiger partial charge in [0, 0.05) is 16.5 Å². The monoisotopic (exact) mass is 347 g/mol. The van der Waals surface area contributed by atoms with Gasteiger partial charge in [0.1, 0.15) is 0 Å². The van der Waals surface area contributed by atoms with Crippen LogP contribution in [0.1, 0.15) is 11.1 Å². The highest BCUT2D eigenvalue weighted by Gasteiger charge is 2.14. The summed E-state index contributed by atoms with van der Waals surface area (Å²) in [6.07, 6.45) is 0. The van der Waals surface area contributed by atoms with Gasteiger partial charge in [0.15, 0.2) is 0 Å². The van der Waals surface area contributed by atoms with E-state index in [-0.39, 0.29) is 0 Å². The fourth-order valence-corrected chi connectivity index (χ4v) is 4.01. The third-order valence-corrected chi connectivity index (χ3v) is 5.39. The van der Waals surface area contributed by atoms with E-state index in [0.717, 1.165) is 0 Å². The van der Waals surface area contributed by atoms with Crippen LogP contribution >= 0.6 is 0 Å². The standard InChI is InChI=1S/C26H21N/c1-18-11-13-20(14-12-18)21-15-16-25-24(17-21)23-10-6-7-19(2)26(23)27(25)22-8-4-3-5-9-22/h3-17H,1-2H3. The number of hydrogen-bond acceptors (Lipinski definition) is 0. The lowest BCUT2D eigenvalue weighted by Gasteiger charge is -2.09. The topological polar surface area (TPSA) is 4.93 Å². The molecule has 0 aliphatic carbocycles. The minimum atomic E-state index is 1.20. The minimum absolute atomic E-state index is 1.20. The van der Waals surface area contributed by atoms with Gasteiger partial charge in [-0.1, -0.05) is 72.3 Å². The van der Waals surface area contributed by atoms with Gasteiger partial charge in [-0.25, -0.2) is 0 Å². The van der Waals surface area contributed by atoms with Crippen LogP contribution in [0, 0.1) is 13.8 Å². The molecule has 0 unspecified atom stereocenters. The molecule has 5 rings (SSSR count). The van der Waals surface area contributed by atoms with E-state index in [1.165, 1.54) is 49.7 Å². The number of aromatic nitrogens is 1. The first kappa shape index (κ1) is 15.9. The number of fused-ring (bicyclic) bond motifs is 3. The molecule has 27 heavy (non-hydrogen) atoms. The van der Waals surface area contributed by atoms with Crippen molar-refractivity contribution in [2.24, 2.45) is 0 Å². The van der Waals surface area contributed by atoms with Gasteiger partial charge in [-0.15, -0.1) is 0 Å². The summed E-state index contributed by atoms with van der Waals surface area (Å²) in [5, 5.41) is 2.61. The van der Waals surface area contributed by atoms with E-state index in [1.54, 1.807) is 0 Å². The molecule has 0 saturated carbocycles. The molecule has 0 aliphatic heterocycles. The second kappa shape index (κ2) is 6.14. The maximum Gasteiger partial charge on any atom is 0.0570 e. The molecule has 0 atom stereocenters. The van der Waals surface area contributed by atoms with Gasteiger partial charge >= 0.3 is 0 Å². The summed E-state index contributed by atoms with van der Waals surface area (Å²) in [6.45, 7) is 4.32. The summed E-state index contributed by atoms with van der Waals surface area (Å²) in [4.78, 5) is 0. The second-order valence-electron chi connectivity index (χ2n) is 7.24. The maximum atomic E-state index is 2.39. The smallest absolute Gasteiger partial charge is 0.0570 e. The highest BCUT2D eigenvalue weighted by molar-refractivity contribution is 6.11. The Kier molecular flexibility index (Phi) is 3.61. The Hall–Kier alpha value is -3.32. The fourth-order valence-electron chi connectivity index (χ4n) is 4.01. The zero-order chi connectivity index (χ0) is 18.4. The van der Waals surface area contributed by atoms with Crippen LogP contribution in [0.15, 0.2) is 91.0 Å². The Morgan fingerprint density at radius 3 is 2.11 bits per heavy atom. The molecular formula is C26H21N. The molecule has 1 heteroatoms. The van der Waals surface area contributed by atoms with Crippen molar-refractivity contribution < 1.29 is 0 Å². The molecule has 5 aromatic rings. The maximum absolute atomic E-state index is 2.39. The Balaban J connectivity index is 1.85. The first-order valence-electron chi connectivity index (χ1n) is 9.38. The second-order valence-corrected chi connectivity index (χ2v) is 7.24. The van der Waals surface area contributed by atoms with Crippen LogP contribution in [0.3, 0.4) is 0 Å². The van der Waals surface area contributed by atoms with Crippen LogP contribution in [-0.4, -0.2) is 4.57 Å². The van der Waals surface area contributed by atoms with Crippen LogP contribution in [0.4, 0.5) is 0 Å². The van der Waals surface area contributed by atoms with Crippen molar-refractivity contribution in [2.45, 2.75) is 13.8 Å². The van der Waals surface area contributed by atoms with Crippen LogP contribution in [-0.2, 0) is 0 Å². The zero-order valence-corrected chi connectivity index (χ0v) is 15.6. The third kappa shape index (κ3) is 2.55. The lowest BCUT2D eigenvalue weighted by molar-refractivity contribution is 1.17. The van der Waals surface area contributed by atoms with Crippen molar-refractivity contribution in [1.82, 2.24) is 4.57 Å². The van der Waals surface area contributed by atoms with E-state index >= 15 is 0 Å². The van der Waals surface area contributed by atoms with E-state index in [0.29, 0.717) is 0 Å². The number of rotatable bonds is 2. The molecule has 130 valence electrons. The number of hydrogen-bond donors (Lipinski definition) is 0. The molecular weight excluding hydrogens is 326 g/mol. The molecule has 1 nitrogen and oxygen atoms in total. The lowest BCUT2D eigenvalue weighted by Crippen LogP contribution is -1.94. The van der Waals surface area contributed by atoms with Crippen molar-refractivity contribution in [3.8, 4) is 16.8 Å². The number of para-hydroxylation sites is 2.